The van der Waals surface area contributed by atoms with Gasteiger partial charge in [-0.3, -0.25) is 0 Å². The summed E-state index contributed by atoms with van der Waals surface area (Å²) in [5.74, 6) is 0.571. The van der Waals surface area contributed by atoms with Crippen molar-refractivity contribution in [2.24, 2.45) is 0 Å². The van der Waals surface area contributed by atoms with Gasteiger partial charge in [-0.2, -0.15) is 11.8 Å². The number of nitrogens with one attached hydrogen (secondary N) is 2. The second-order valence-corrected chi connectivity index (χ2v) is 5.75. The number of carbonyl (C=O) groups is 2. The summed E-state index contributed by atoms with van der Waals surface area (Å²) in [6, 6.07) is -0.783. The van der Waals surface area contributed by atoms with E-state index in [1.807, 2.05) is 0 Å². The first-order valence-electron chi connectivity index (χ1n) is 6.26. The van der Waals surface area contributed by atoms with Crippen LogP contribution in [0.15, 0.2) is 0 Å². The number of hydrogen-bond donors (Lipinski definition) is 5. The van der Waals surface area contributed by atoms with Crippen LogP contribution in [0.4, 0.5) is 9.59 Å². The van der Waals surface area contributed by atoms with Gasteiger partial charge in [0, 0.05) is 17.6 Å². The lowest BCUT2D eigenvalue weighted by atomic mass is 10.0. The third-order valence-electron chi connectivity index (χ3n) is 3.07. The van der Waals surface area contributed by atoms with Gasteiger partial charge < -0.3 is 26.0 Å². The molecule has 8 heteroatoms. The first-order valence-corrected chi connectivity index (χ1v) is 7.31. The molecule has 1 aliphatic heterocycles. The molecule has 0 radical (unpaired) electrons. The maximum atomic E-state index is 10.8. The van der Waals surface area contributed by atoms with Crippen LogP contribution in [0.25, 0.3) is 0 Å². The predicted molar refractivity (Wildman–Crippen MR) is 71.7 cm³/mol. The standard InChI is InChI=1S/C11H20N2O5S/c14-5-3-1-2-4-8-9(13-11(17)18)7(6-19-8)12-10(15)16/h7-9,12-14H,1-6H2,(H,15,16)(H,17,18)/t7-,8-,9-/m0/s1. The van der Waals surface area contributed by atoms with Gasteiger partial charge in [0.2, 0.25) is 0 Å². The molecule has 0 aromatic heterocycles. The minimum atomic E-state index is -1.14. The number of thioether (sulfide) groups is 1. The Morgan fingerprint density at radius 3 is 2.37 bits per heavy atom. The molecule has 0 spiro atoms. The van der Waals surface area contributed by atoms with Crippen molar-refractivity contribution in [3.63, 3.8) is 0 Å². The van der Waals surface area contributed by atoms with Crippen LogP contribution in [0.3, 0.4) is 0 Å². The second-order valence-electron chi connectivity index (χ2n) is 4.48. The highest BCUT2D eigenvalue weighted by molar-refractivity contribution is 8.00. The van der Waals surface area contributed by atoms with Crippen molar-refractivity contribution in [2.45, 2.75) is 43.0 Å². The summed E-state index contributed by atoms with van der Waals surface area (Å²) in [7, 11) is 0. The van der Waals surface area contributed by atoms with E-state index in [9.17, 15) is 9.59 Å². The maximum absolute atomic E-state index is 10.8. The molecule has 1 heterocycles. The van der Waals surface area contributed by atoms with E-state index in [-0.39, 0.29) is 17.9 Å². The van der Waals surface area contributed by atoms with Crippen LogP contribution in [0.2, 0.25) is 0 Å². The number of carboxylic acid groups (broad SMARTS) is 2. The van der Waals surface area contributed by atoms with Crippen LogP contribution in [0, 0.1) is 0 Å². The monoisotopic (exact) mass is 292 g/mol. The Hall–Kier alpha value is -1.15. The van der Waals surface area contributed by atoms with Gasteiger partial charge >= 0.3 is 12.2 Å². The molecule has 19 heavy (non-hydrogen) atoms. The largest absolute Gasteiger partial charge is 0.465 e. The van der Waals surface area contributed by atoms with Crippen molar-refractivity contribution in [3.8, 4) is 0 Å². The smallest absolute Gasteiger partial charge is 0.404 e. The summed E-state index contributed by atoms with van der Waals surface area (Å²) in [6.45, 7) is 0.164. The molecule has 2 amide bonds. The molecule has 0 unspecified atom stereocenters. The Labute approximate surface area is 115 Å². The molecule has 7 nitrogen and oxygen atoms in total. The van der Waals surface area contributed by atoms with E-state index in [1.54, 1.807) is 11.8 Å². The molecule has 1 saturated heterocycles. The molecular weight excluding hydrogens is 272 g/mol. The third kappa shape index (κ3) is 5.56. The maximum Gasteiger partial charge on any atom is 0.404 e. The van der Waals surface area contributed by atoms with E-state index >= 15 is 0 Å². The molecule has 0 aromatic rings. The Morgan fingerprint density at radius 1 is 1.11 bits per heavy atom. The van der Waals surface area contributed by atoms with Crippen LogP contribution in [-0.2, 0) is 0 Å². The van der Waals surface area contributed by atoms with Gasteiger partial charge in [-0.05, 0) is 12.8 Å². The van der Waals surface area contributed by atoms with Crippen molar-refractivity contribution in [1.29, 1.82) is 0 Å². The van der Waals surface area contributed by atoms with E-state index < -0.39 is 18.2 Å². The van der Waals surface area contributed by atoms with E-state index in [2.05, 4.69) is 10.6 Å². The fraction of sp³-hybridized carbons (Fsp3) is 0.818. The zero-order valence-corrected chi connectivity index (χ0v) is 11.4. The van der Waals surface area contributed by atoms with Crippen LogP contribution >= 0.6 is 11.8 Å². The molecule has 5 N–H and O–H groups in total. The minimum Gasteiger partial charge on any atom is -0.465 e. The lowest BCUT2D eigenvalue weighted by Gasteiger charge is -2.23. The topological polar surface area (TPSA) is 119 Å². The van der Waals surface area contributed by atoms with E-state index in [0.717, 1.165) is 25.7 Å². The van der Waals surface area contributed by atoms with Crippen molar-refractivity contribution in [1.82, 2.24) is 10.6 Å². The van der Waals surface area contributed by atoms with Crippen LogP contribution in [-0.4, -0.2) is 57.2 Å². The predicted octanol–water partition coefficient (Wildman–Crippen LogP) is 0.927. The fourth-order valence-corrected chi connectivity index (χ4v) is 3.76. The van der Waals surface area contributed by atoms with Gasteiger partial charge in [0.1, 0.15) is 0 Å². The normalized spacial score (nSPS) is 26.1. The average molecular weight is 292 g/mol. The lowest BCUT2D eigenvalue weighted by molar-refractivity contribution is 0.177. The van der Waals surface area contributed by atoms with Crippen molar-refractivity contribution in [2.75, 3.05) is 12.4 Å². The van der Waals surface area contributed by atoms with E-state index in [0.29, 0.717) is 5.75 Å². The molecule has 0 aromatic carbocycles. The first kappa shape index (κ1) is 15.9. The third-order valence-corrected chi connectivity index (χ3v) is 4.58. The number of amides is 2. The summed E-state index contributed by atoms with van der Waals surface area (Å²) in [5, 5.41) is 31.1. The molecule has 1 aliphatic rings. The number of rotatable bonds is 7. The summed E-state index contributed by atoms with van der Waals surface area (Å²) >= 11 is 1.59. The molecule has 1 fully saturated rings. The van der Waals surface area contributed by atoms with Gasteiger partial charge in [-0.1, -0.05) is 12.8 Å². The Bertz CT molecular complexity index is 315. The summed E-state index contributed by atoms with van der Waals surface area (Å²) in [6.07, 6.45) is 1.08. The van der Waals surface area contributed by atoms with Crippen molar-refractivity contribution < 1.29 is 24.9 Å². The Kier molecular flexibility index (Phi) is 6.79. The number of hydrogen-bond acceptors (Lipinski definition) is 4. The van der Waals surface area contributed by atoms with Crippen LogP contribution in [0.1, 0.15) is 25.7 Å². The van der Waals surface area contributed by atoms with Crippen LogP contribution in [0.5, 0.6) is 0 Å². The quantitative estimate of drug-likeness (QED) is 0.445. The van der Waals surface area contributed by atoms with Gasteiger partial charge in [0.25, 0.3) is 0 Å². The van der Waals surface area contributed by atoms with Crippen molar-refractivity contribution in [3.05, 3.63) is 0 Å². The van der Waals surface area contributed by atoms with Crippen molar-refractivity contribution >= 4 is 23.9 Å². The average Bonchev–Trinajstić information content (AvgIpc) is 2.67. The van der Waals surface area contributed by atoms with E-state index in [1.165, 1.54) is 0 Å². The van der Waals surface area contributed by atoms with Gasteiger partial charge in [0.15, 0.2) is 0 Å². The van der Waals surface area contributed by atoms with Gasteiger partial charge in [-0.15, -0.1) is 0 Å². The summed E-state index contributed by atoms with van der Waals surface area (Å²) < 4.78 is 0. The fourth-order valence-electron chi connectivity index (χ4n) is 2.22. The van der Waals surface area contributed by atoms with Crippen LogP contribution < -0.4 is 10.6 Å². The molecule has 0 bridgehead atoms. The second kappa shape index (κ2) is 8.11. The number of aliphatic hydroxyl groups is 1. The first-order chi connectivity index (χ1) is 9.04. The summed E-state index contributed by atoms with van der Waals surface area (Å²) in [4.78, 5) is 21.4. The highest BCUT2D eigenvalue weighted by atomic mass is 32.2. The molecule has 1 rings (SSSR count). The van der Waals surface area contributed by atoms with Gasteiger partial charge in [0.05, 0.1) is 12.1 Å². The molecular formula is C11H20N2O5S. The summed E-state index contributed by atoms with van der Waals surface area (Å²) in [5.41, 5.74) is 0. The number of unbranched alkanes of at least 4 members (excludes halogenated alkanes) is 2. The molecule has 110 valence electrons. The molecule has 3 atom stereocenters. The lowest BCUT2D eigenvalue weighted by Crippen LogP contribution is -2.52. The Morgan fingerprint density at radius 2 is 1.79 bits per heavy atom. The molecule has 0 aliphatic carbocycles. The SMILES string of the molecule is O=C(O)N[C@H]1[C@@H](NC(=O)O)CS[C@H]1CCCCCO. The molecule has 0 saturated carbocycles. The Balaban J connectivity index is 2.49. The minimum absolute atomic E-state index is 0.0756. The highest BCUT2D eigenvalue weighted by Crippen LogP contribution is 2.31. The number of aliphatic hydroxyl groups excluding tert-OH is 1. The highest BCUT2D eigenvalue weighted by Gasteiger charge is 2.38. The van der Waals surface area contributed by atoms with E-state index in [4.69, 9.17) is 15.3 Å². The zero-order chi connectivity index (χ0) is 14.3. The van der Waals surface area contributed by atoms with Gasteiger partial charge in [-0.25, -0.2) is 9.59 Å². The zero-order valence-electron chi connectivity index (χ0n) is 10.5.